The number of rotatable bonds is 5. The van der Waals surface area contributed by atoms with Gasteiger partial charge in [0.25, 0.3) is 0 Å². The Labute approximate surface area is 125 Å². The summed E-state index contributed by atoms with van der Waals surface area (Å²) < 4.78 is 5.87. The van der Waals surface area contributed by atoms with E-state index in [0.29, 0.717) is 11.1 Å². The van der Waals surface area contributed by atoms with Gasteiger partial charge in [0.15, 0.2) is 0 Å². The highest BCUT2D eigenvalue weighted by Gasteiger charge is 2.03. The molecule has 2 rings (SSSR count). The Morgan fingerprint density at radius 1 is 1.10 bits per heavy atom. The fourth-order valence-electron chi connectivity index (χ4n) is 1.81. The maximum absolute atomic E-state index is 5.99. The summed E-state index contributed by atoms with van der Waals surface area (Å²) in [6.07, 6.45) is 0. The van der Waals surface area contributed by atoms with Crippen molar-refractivity contribution in [3.05, 3.63) is 58.6 Å². The zero-order valence-corrected chi connectivity index (χ0v) is 12.9. The SMILES string of the molecule is Cc1ccc(Cl)cc1Oc1ccc(CNC(C)C)cc1. The van der Waals surface area contributed by atoms with E-state index in [0.717, 1.165) is 23.6 Å². The van der Waals surface area contributed by atoms with Gasteiger partial charge in [-0.25, -0.2) is 0 Å². The number of halogens is 1. The first-order valence-electron chi connectivity index (χ1n) is 6.81. The lowest BCUT2D eigenvalue weighted by molar-refractivity contribution is 0.478. The van der Waals surface area contributed by atoms with Crippen LogP contribution in [0.15, 0.2) is 42.5 Å². The summed E-state index contributed by atoms with van der Waals surface area (Å²) in [5.41, 5.74) is 2.31. The monoisotopic (exact) mass is 289 g/mol. The Morgan fingerprint density at radius 3 is 2.45 bits per heavy atom. The third-order valence-corrected chi connectivity index (χ3v) is 3.25. The van der Waals surface area contributed by atoms with E-state index in [-0.39, 0.29) is 0 Å². The minimum Gasteiger partial charge on any atom is -0.457 e. The van der Waals surface area contributed by atoms with Crippen LogP contribution in [0.5, 0.6) is 11.5 Å². The van der Waals surface area contributed by atoms with Crippen LogP contribution in [0.4, 0.5) is 0 Å². The minimum atomic E-state index is 0.486. The molecule has 2 aromatic rings. The van der Waals surface area contributed by atoms with Crippen molar-refractivity contribution in [2.75, 3.05) is 0 Å². The van der Waals surface area contributed by atoms with E-state index in [9.17, 15) is 0 Å². The molecule has 3 heteroatoms. The lowest BCUT2D eigenvalue weighted by atomic mass is 10.2. The van der Waals surface area contributed by atoms with Crippen LogP contribution >= 0.6 is 11.6 Å². The predicted molar refractivity (Wildman–Crippen MR) is 84.7 cm³/mol. The lowest BCUT2D eigenvalue weighted by Crippen LogP contribution is -2.21. The number of hydrogen-bond donors (Lipinski definition) is 1. The molecular weight excluding hydrogens is 270 g/mol. The zero-order chi connectivity index (χ0) is 14.5. The van der Waals surface area contributed by atoms with E-state index in [1.807, 2.05) is 37.3 Å². The largest absolute Gasteiger partial charge is 0.457 e. The third-order valence-electron chi connectivity index (χ3n) is 3.02. The average molecular weight is 290 g/mol. The quantitative estimate of drug-likeness (QED) is 0.842. The molecule has 0 aliphatic heterocycles. The molecule has 0 aliphatic carbocycles. The average Bonchev–Trinajstić information content (AvgIpc) is 2.42. The molecule has 0 saturated heterocycles. The number of benzene rings is 2. The van der Waals surface area contributed by atoms with Gasteiger partial charge in [0, 0.05) is 17.6 Å². The van der Waals surface area contributed by atoms with Crippen LogP contribution in [0.2, 0.25) is 5.02 Å². The van der Waals surface area contributed by atoms with E-state index in [4.69, 9.17) is 16.3 Å². The maximum atomic E-state index is 5.99. The molecule has 20 heavy (non-hydrogen) atoms. The van der Waals surface area contributed by atoms with Crippen LogP contribution in [-0.4, -0.2) is 6.04 Å². The van der Waals surface area contributed by atoms with Gasteiger partial charge >= 0.3 is 0 Å². The summed E-state index contributed by atoms with van der Waals surface area (Å²) in [7, 11) is 0. The fourth-order valence-corrected chi connectivity index (χ4v) is 1.97. The van der Waals surface area contributed by atoms with Gasteiger partial charge in [-0.15, -0.1) is 0 Å². The van der Waals surface area contributed by atoms with Gasteiger partial charge in [0.1, 0.15) is 11.5 Å². The van der Waals surface area contributed by atoms with Gasteiger partial charge in [0.05, 0.1) is 0 Å². The lowest BCUT2D eigenvalue weighted by Gasteiger charge is -2.11. The second-order valence-corrected chi connectivity index (χ2v) is 5.63. The normalized spacial score (nSPS) is 10.8. The van der Waals surface area contributed by atoms with Crippen molar-refractivity contribution in [3.63, 3.8) is 0 Å². The highest BCUT2D eigenvalue weighted by atomic mass is 35.5. The summed E-state index contributed by atoms with van der Waals surface area (Å²) in [6, 6.07) is 14.3. The van der Waals surface area contributed by atoms with Crippen LogP contribution in [-0.2, 0) is 6.54 Å². The molecule has 0 aromatic heterocycles. The number of hydrogen-bond acceptors (Lipinski definition) is 2. The van der Waals surface area contributed by atoms with Crippen LogP contribution in [0.25, 0.3) is 0 Å². The molecule has 1 N–H and O–H groups in total. The highest BCUT2D eigenvalue weighted by Crippen LogP contribution is 2.28. The minimum absolute atomic E-state index is 0.486. The van der Waals surface area contributed by atoms with Crippen LogP contribution < -0.4 is 10.1 Å². The van der Waals surface area contributed by atoms with Crippen LogP contribution in [0, 0.1) is 6.92 Å². The van der Waals surface area contributed by atoms with Crippen molar-refractivity contribution in [1.29, 1.82) is 0 Å². The molecule has 0 fully saturated rings. The summed E-state index contributed by atoms with van der Waals surface area (Å²) in [4.78, 5) is 0. The Bertz CT molecular complexity index is 564. The topological polar surface area (TPSA) is 21.3 Å². The Kier molecular flexibility index (Phi) is 5.05. The summed E-state index contributed by atoms with van der Waals surface area (Å²) >= 11 is 5.99. The maximum Gasteiger partial charge on any atom is 0.131 e. The predicted octanol–water partition coefficient (Wildman–Crippen LogP) is 4.94. The molecule has 0 amide bonds. The van der Waals surface area contributed by atoms with Gasteiger partial charge in [0.2, 0.25) is 0 Å². The van der Waals surface area contributed by atoms with E-state index in [1.165, 1.54) is 5.56 Å². The van der Waals surface area contributed by atoms with E-state index in [1.54, 1.807) is 0 Å². The molecule has 0 atom stereocenters. The first-order chi connectivity index (χ1) is 9.54. The van der Waals surface area contributed by atoms with Crippen molar-refractivity contribution in [2.24, 2.45) is 0 Å². The first kappa shape index (κ1) is 14.9. The molecule has 0 saturated carbocycles. The molecule has 0 aliphatic rings. The van der Waals surface area contributed by atoms with Crippen molar-refractivity contribution in [2.45, 2.75) is 33.4 Å². The molecule has 0 bridgehead atoms. The summed E-state index contributed by atoms with van der Waals surface area (Å²) in [6.45, 7) is 7.15. The number of ether oxygens (including phenoxy) is 1. The fraction of sp³-hybridized carbons (Fsp3) is 0.294. The van der Waals surface area contributed by atoms with Crippen LogP contribution in [0.3, 0.4) is 0 Å². The number of aryl methyl sites for hydroxylation is 1. The molecule has 2 aromatic carbocycles. The van der Waals surface area contributed by atoms with Gasteiger partial charge < -0.3 is 10.1 Å². The second kappa shape index (κ2) is 6.78. The molecule has 0 radical (unpaired) electrons. The van der Waals surface area contributed by atoms with Crippen molar-refractivity contribution < 1.29 is 4.74 Å². The van der Waals surface area contributed by atoms with E-state index < -0.39 is 0 Å². The van der Waals surface area contributed by atoms with Crippen molar-refractivity contribution in [3.8, 4) is 11.5 Å². The van der Waals surface area contributed by atoms with E-state index >= 15 is 0 Å². The summed E-state index contributed by atoms with van der Waals surface area (Å²) in [5, 5.41) is 4.07. The standard InChI is InChI=1S/C17H20ClNO/c1-12(2)19-11-14-5-8-16(9-6-14)20-17-10-15(18)7-4-13(17)3/h4-10,12,19H,11H2,1-3H3. The van der Waals surface area contributed by atoms with Gasteiger partial charge in [-0.05, 0) is 42.3 Å². The van der Waals surface area contributed by atoms with Gasteiger partial charge in [-0.1, -0.05) is 43.6 Å². The third kappa shape index (κ3) is 4.26. The number of nitrogens with one attached hydrogen (secondary N) is 1. The Morgan fingerprint density at radius 2 is 1.80 bits per heavy atom. The van der Waals surface area contributed by atoms with Crippen molar-refractivity contribution >= 4 is 11.6 Å². The van der Waals surface area contributed by atoms with Crippen LogP contribution in [0.1, 0.15) is 25.0 Å². The second-order valence-electron chi connectivity index (χ2n) is 5.19. The molecule has 0 spiro atoms. The summed E-state index contributed by atoms with van der Waals surface area (Å²) in [5.74, 6) is 1.62. The first-order valence-corrected chi connectivity index (χ1v) is 7.19. The molecule has 2 nitrogen and oxygen atoms in total. The molecule has 0 unspecified atom stereocenters. The molecular formula is C17H20ClNO. The molecule has 0 heterocycles. The van der Waals surface area contributed by atoms with E-state index in [2.05, 4.69) is 31.3 Å². The highest BCUT2D eigenvalue weighted by molar-refractivity contribution is 6.30. The Hall–Kier alpha value is -1.51. The smallest absolute Gasteiger partial charge is 0.131 e. The Balaban J connectivity index is 2.05. The molecule has 106 valence electrons. The zero-order valence-electron chi connectivity index (χ0n) is 12.1. The van der Waals surface area contributed by atoms with Crippen molar-refractivity contribution in [1.82, 2.24) is 5.32 Å². The van der Waals surface area contributed by atoms with Gasteiger partial charge in [-0.2, -0.15) is 0 Å². The van der Waals surface area contributed by atoms with Gasteiger partial charge in [-0.3, -0.25) is 0 Å².